The van der Waals surface area contributed by atoms with E-state index in [2.05, 4.69) is 11.4 Å². The summed E-state index contributed by atoms with van der Waals surface area (Å²) >= 11 is 1.67. The summed E-state index contributed by atoms with van der Waals surface area (Å²) < 4.78 is 5.12. The number of hydrogen-bond acceptors (Lipinski definition) is 3. The first-order valence-electron chi connectivity index (χ1n) is 7.22. The van der Waals surface area contributed by atoms with E-state index >= 15 is 0 Å². The minimum absolute atomic E-state index is 0.0472. The van der Waals surface area contributed by atoms with Crippen LogP contribution in [0.4, 0.5) is 5.69 Å². The van der Waals surface area contributed by atoms with E-state index in [-0.39, 0.29) is 5.91 Å². The van der Waals surface area contributed by atoms with Crippen LogP contribution in [0.15, 0.2) is 47.4 Å². The second-order valence-corrected chi connectivity index (χ2v) is 6.37. The van der Waals surface area contributed by atoms with Crippen molar-refractivity contribution in [1.29, 1.82) is 0 Å². The molecule has 3 nitrogen and oxygen atoms in total. The van der Waals surface area contributed by atoms with Gasteiger partial charge in [0.2, 0.25) is 5.91 Å². The highest BCUT2D eigenvalue weighted by molar-refractivity contribution is 7.99. The van der Waals surface area contributed by atoms with Crippen molar-refractivity contribution in [3.05, 3.63) is 53.6 Å². The van der Waals surface area contributed by atoms with Crippen molar-refractivity contribution in [2.24, 2.45) is 0 Å². The van der Waals surface area contributed by atoms with E-state index in [4.69, 9.17) is 4.74 Å². The van der Waals surface area contributed by atoms with E-state index < -0.39 is 0 Å². The fraction of sp³-hybridized carbons (Fsp3) is 0.278. The molecule has 1 N–H and O–H groups in total. The molecule has 2 aromatic rings. The van der Waals surface area contributed by atoms with Gasteiger partial charge in [-0.3, -0.25) is 4.79 Å². The smallest absolute Gasteiger partial charge is 0.225 e. The van der Waals surface area contributed by atoms with Crippen molar-refractivity contribution < 1.29 is 9.53 Å². The van der Waals surface area contributed by atoms with E-state index in [0.717, 1.165) is 33.2 Å². The number of nitrogens with one attached hydrogen (secondary N) is 1. The molecule has 4 heteroatoms. The third-order valence-electron chi connectivity index (χ3n) is 3.16. The Balaban J connectivity index is 1.79. The van der Waals surface area contributed by atoms with E-state index in [1.54, 1.807) is 18.9 Å². The maximum absolute atomic E-state index is 12.0. The van der Waals surface area contributed by atoms with Gasteiger partial charge in [-0.15, -0.1) is 11.8 Å². The zero-order valence-electron chi connectivity index (χ0n) is 13.2. The molecule has 2 rings (SSSR count). The Morgan fingerprint density at radius 3 is 2.32 bits per heavy atom. The number of benzene rings is 2. The third kappa shape index (κ3) is 5.11. The molecule has 0 unspecified atom stereocenters. The Kier molecular flexibility index (Phi) is 5.90. The Morgan fingerprint density at radius 1 is 1.09 bits per heavy atom. The number of methoxy groups -OCH3 is 1. The molecule has 0 aliphatic heterocycles. The van der Waals surface area contributed by atoms with Gasteiger partial charge in [-0.05, 0) is 61.4 Å². The highest BCUT2D eigenvalue weighted by atomic mass is 32.2. The largest absolute Gasteiger partial charge is 0.497 e. The van der Waals surface area contributed by atoms with Crippen molar-refractivity contribution in [2.45, 2.75) is 25.2 Å². The fourth-order valence-electron chi connectivity index (χ4n) is 2.20. The molecule has 116 valence electrons. The lowest BCUT2D eigenvalue weighted by atomic mass is 10.1. The van der Waals surface area contributed by atoms with Crippen molar-refractivity contribution >= 4 is 23.4 Å². The number of thioether (sulfide) groups is 1. The monoisotopic (exact) mass is 315 g/mol. The second-order valence-electron chi connectivity index (χ2n) is 5.20. The molecule has 22 heavy (non-hydrogen) atoms. The van der Waals surface area contributed by atoms with Crippen LogP contribution >= 0.6 is 11.8 Å². The van der Waals surface area contributed by atoms with Crippen LogP contribution in [0.3, 0.4) is 0 Å². The lowest BCUT2D eigenvalue weighted by Gasteiger charge is -2.08. The van der Waals surface area contributed by atoms with Crippen LogP contribution in [0.1, 0.15) is 17.5 Å². The van der Waals surface area contributed by atoms with Crippen LogP contribution in [-0.4, -0.2) is 18.8 Å². The minimum atomic E-state index is 0.0472. The predicted molar refractivity (Wildman–Crippen MR) is 92.9 cm³/mol. The van der Waals surface area contributed by atoms with Gasteiger partial charge in [0.15, 0.2) is 0 Å². The van der Waals surface area contributed by atoms with Crippen LogP contribution in [0.25, 0.3) is 0 Å². The van der Waals surface area contributed by atoms with Gasteiger partial charge in [-0.1, -0.05) is 6.07 Å². The van der Waals surface area contributed by atoms with Crippen LogP contribution < -0.4 is 10.1 Å². The lowest BCUT2D eigenvalue weighted by molar-refractivity contribution is -0.115. The molecule has 0 radical (unpaired) electrons. The number of hydrogen-bond donors (Lipinski definition) is 1. The molecule has 0 atom stereocenters. The van der Waals surface area contributed by atoms with Crippen molar-refractivity contribution in [1.82, 2.24) is 0 Å². The molecule has 0 aliphatic carbocycles. The molecular weight excluding hydrogens is 294 g/mol. The molecule has 0 heterocycles. The van der Waals surface area contributed by atoms with Crippen LogP contribution in [-0.2, 0) is 4.79 Å². The summed E-state index contributed by atoms with van der Waals surface area (Å²) in [5.41, 5.74) is 3.18. The Bertz CT molecular complexity index is 618. The molecule has 0 saturated heterocycles. The molecule has 1 amide bonds. The molecule has 2 aromatic carbocycles. The Hall–Kier alpha value is -1.94. The summed E-state index contributed by atoms with van der Waals surface area (Å²) in [7, 11) is 1.65. The van der Waals surface area contributed by atoms with E-state index in [1.165, 1.54) is 0 Å². The summed E-state index contributed by atoms with van der Waals surface area (Å²) in [6.45, 7) is 4.06. The molecule has 0 spiro atoms. The molecule has 0 saturated carbocycles. The zero-order valence-corrected chi connectivity index (χ0v) is 14.0. The Labute approximate surface area is 136 Å². The molecule has 0 aromatic heterocycles. The maximum atomic E-state index is 12.0. The van der Waals surface area contributed by atoms with E-state index in [9.17, 15) is 4.79 Å². The minimum Gasteiger partial charge on any atom is -0.497 e. The van der Waals surface area contributed by atoms with Gasteiger partial charge in [-0.2, -0.15) is 0 Å². The SMILES string of the molecule is COc1ccc(SCCC(=O)Nc2cc(C)cc(C)c2)cc1. The summed E-state index contributed by atoms with van der Waals surface area (Å²) in [5.74, 6) is 1.64. The first-order chi connectivity index (χ1) is 10.6. The van der Waals surface area contributed by atoms with Gasteiger partial charge in [0.25, 0.3) is 0 Å². The average molecular weight is 315 g/mol. The van der Waals surface area contributed by atoms with Gasteiger partial charge in [-0.25, -0.2) is 0 Å². The van der Waals surface area contributed by atoms with Crippen LogP contribution in [0, 0.1) is 13.8 Å². The van der Waals surface area contributed by atoms with Gasteiger partial charge < -0.3 is 10.1 Å². The fourth-order valence-corrected chi connectivity index (χ4v) is 3.06. The number of ether oxygens (including phenoxy) is 1. The first-order valence-corrected chi connectivity index (χ1v) is 8.20. The molecule has 0 aliphatic rings. The topological polar surface area (TPSA) is 38.3 Å². The van der Waals surface area contributed by atoms with Crippen molar-refractivity contribution in [2.75, 3.05) is 18.2 Å². The normalized spacial score (nSPS) is 10.3. The van der Waals surface area contributed by atoms with Crippen LogP contribution in [0.2, 0.25) is 0 Å². The van der Waals surface area contributed by atoms with Gasteiger partial charge >= 0.3 is 0 Å². The number of carbonyl (C=O) groups is 1. The van der Waals surface area contributed by atoms with E-state index in [1.807, 2.05) is 50.2 Å². The number of amides is 1. The van der Waals surface area contributed by atoms with Gasteiger partial charge in [0, 0.05) is 22.8 Å². The van der Waals surface area contributed by atoms with Crippen molar-refractivity contribution in [3.63, 3.8) is 0 Å². The number of anilines is 1. The predicted octanol–water partition coefficient (Wildman–Crippen LogP) is 4.43. The van der Waals surface area contributed by atoms with Gasteiger partial charge in [0.05, 0.1) is 7.11 Å². The summed E-state index contributed by atoms with van der Waals surface area (Å²) in [6, 6.07) is 13.9. The van der Waals surface area contributed by atoms with Crippen LogP contribution in [0.5, 0.6) is 5.75 Å². The molecular formula is C18H21NO2S. The maximum Gasteiger partial charge on any atom is 0.225 e. The zero-order chi connectivity index (χ0) is 15.9. The highest BCUT2D eigenvalue weighted by Gasteiger charge is 2.04. The van der Waals surface area contributed by atoms with E-state index in [0.29, 0.717) is 6.42 Å². The number of rotatable bonds is 6. The highest BCUT2D eigenvalue weighted by Crippen LogP contribution is 2.22. The first kappa shape index (κ1) is 16.4. The average Bonchev–Trinajstić information content (AvgIpc) is 2.47. The standard InChI is InChI=1S/C18H21NO2S/c1-13-10-14(2)12-15(11-13)19-18(20)8-9-22-17-6-4-16(21-3)5-7-17/h4-7,10-12H,8-9H2,1-3H3,(H,19,20). The number of carbonyl (C=O) groups excluding carboxylic acids is 1. The summed E-state index contributed by atoms with van der Waals surface area (Å²) in [4.78, 5) is 13.1. The number of aryl methyl sites for hydroxylation is 2. The quantitative estimate of drug-likeness (QED) is 0.801. The third-order valence-corrected chi connectivity index (χ3v) is 4.18. The lowest BCUT2D eigenvalue weighted by Crippen LogP contribution is -2.12. The molecule has 0 fully saturated rings. The second kappa shape index (κ2) is 7.90. The summed E-state index contributed by atoms with van der Waals surface area (Å²) in [5, 5.41) is 2.96. The van der Waals surface area contributed by atoms with Crippen molar-refractivity contribution in [3.8, 4) is 5.75 Å². The Morgan fingerprint density at radius 2 is 1.73 bits per heavy atom. The summed E-state index contributed by atoms with van der Waals surface area (Å²) in [6.07, 6.45) is 0.490. The van der Waals surface area contributed by atoms with Gasteiger partial charge in [0.1, 0.15) is 5.75 Å². The molecule has 0 bridgehead atoms.